The molecule has 0 heterocycles. The van der Waals surface area contributed by atoms with Gasteiger partial charge in [0.15, 0.2) is 0 Å². The predicted octanol–water partition coefficient (Wildman–Crippen LogP) is 1.72. The minimum Gasteiger partial charge on any atom is -0.444 e. The Morgan fingerprint density at radius 2 is 1.79 bits per heavy atom. The number of nitrogens with one attached hydrogen (secondary N) is 2. The Labute approximate surface area is 114 Å². The highest BCUT2D eigenvalue weighted by molar-refractivity contribution is 5.67. The van der Waals surface area contributed by atoms with Crippen molar-refractivity contribution in [3.8, 4) is 0 Å². The van der Waals surface area contributed by atoms with Gasteiger partial charge in [0.25, 0.3) is 0 Å². The molecule has 4 N–H and O–H groups in total. The maximum Gasteiger partial charge on any atom is 0.407 e. The van der Waals surface area contributed by atoms with E-state index in [2.05, 4.69) is 10.7 Å². The molecule has 1 amide bonds. The Balaban J connectivity index is 2.31. The van der Waals surface area contributed by atoms with Crippen LogP contribution in [0.3, 0.4) is 0 Å². The summed E-state index contributed by atoms with van der Waals surface area (Å²) in [5.41, 5.74) is 4.45. The monoisotopic (exact) mass is 265 g/mol. The number of hydrogen-bond acceptors (Lipinski definition) is 4. The van der Waals surface area contributed by atoms with Gasteiger partial charge in [-0.2, -0.15) is 0 Å². The Kier molecular flexibility index (Phi) is 5.79. The number of hydrogen-bond donors (Lipinski definition) is 3. The lowest BCUT2D eigenvalue weighted by Gasteiger charge is -2.19. The highest BCUT2D eigenvalue weighted by Crippen LogP contribution is 2.07. The van der Waals surface area contributed by atoms with Gasteiger partial charge in [0, 0.05) is 13.1 Å². The van der Waals surface area contributed by atoms with E-state index in [0.29, 0.717) is 13.1 Å². The highest BCUT2D eigenvalue weighted by atomic mass is 16.6. The molecule has 0 fully saturated rings. The van der Waals surface area contributed by atoms with Crippen LogP contribution in [0.2, 0.25) is 0 Å². The molecule has 5 heteroatoms. The van der Waals surface area contributed by atoms with Gasteiger partial charge in [-0.05, 0) is 38.3 Å². The summed E-state index contributed by atoms with van der Waals surface area (Å²) in [5.74, 6) is 5.25. The van der Waals surface area contributed by atoms with Crippen molar-refractivity contribution in [3.05, 3.63) is 35.4 Å². The molecule has 0 saturated heterocycles. The van der Waals surface area contributed by atoms with Gasteiger partial charge in [0.2, 0.25) is 0 Å². The Morgan fingerprint density at radius 1 is 1.21 bits per heavy atom. The summed E-state index contributed by atoms with van der Waals surface area (Å²) in [6, 6.07) is 8.10. The van der Waals surface area contributed by atoms with E-state index in [0.717, 1.165) is 17.5 Å². The Bertz CT molecular complexity index is 396. The van der Waals surface area contributed by atoms with Gasteiger partial charge in [0.05, 0.1) is 0 Å². The summed E-state index contributed by atoms with van der Waals surface area (Å²) >= 11 is 0. The molecule has 0 aromatic heterocycles. The van der Waals surface area contributed by atoms with Crippen molar-refractivity contribution in [2.24, 2.45) is 5.84 Å². The molecule has 1 aromatic carbocycles. The van der Waals surface area contributed by atoms with E-state index in [1.165, 1.54) is 0 Å². The minimum absolute atomic E-state index is 0.378. The van der Waals surface area contributed by atoms with Crippen molar-refractivity contribution in [1.29, 1.82) is 0 Å². The first kappa shape index (κ1) is 15.5. The van der Waals surface area contributed by atoms with Gasteiger partial charge in [0.1, 0.15) is 5.60 Å². The number of nitrogens with two attached hydrogens (primary N) is 1. The van der Waals surface area contributed by atoms with Crippen molar-refractivity contribution in [2.75, 3.05) is 6.54 Å². The number of rotatable bonds is 5. The number of carbonyl (C=O) groups excluding carboxylic acids is 1. The van der Waals surface area contributed by atoms with Crippen molar-refractivity contribution in [3.63, 3.8) is 0 Å². The van der Waals surface area contributed by atoms with Crippen molar-refractivity contribution in [1.82, 2.24) is 10.7 Å². The molecule has 106 valence electrons. The topological polar surface area (TPSA) is 76.4 Å². The molecular weight excluding hydrogens is 242 g/mol. The fraction of sp³-hybridized carbons (Fsp3) is 0.500. The molecule has 0 spiro atoms. The Hall–Kier alpha value is -1.59. The number of hydrazine groups is 1. The molecule has 5 nitrogen and oxygen atoms in total. The van der Waals surface area contributed by atoms with Crippen LogP contribution in [0.5, 0.6) is 0 Å². The van der Waals surface area contributed by atoms with Crippen LogP contribution in [0, 0.1) is 0 Å². The molecule has 0 saturated carbocycles. The van der Waals surface area contributed by atoms with Crippen molar-refractivity contribution >= 4 is 6.09 Å². The zero-order valence-corrected chi connectivity index (χ0v) is 11.8. The van der Waals surface area contributed by atoms with Crippen molar-refractivity contribution < 1.29 is 9.53 Å². The third-order valence-corrected chi connectivity index (χ3v) is 2.41. The molecule has 0 bridgehead atoms. The zero-order chi connectivity index (χ0) is 14.3. The third-order valence-electron chi connectivity index (χ3n) is 2.41. The minimum atomic E-state index is -0.457. The second-order valence-corrected chi connectivity index (χ2v) is 5.38. The molecule has 0 aliphatic carbocycles. The molecule has 0 atom stereocenters. The van der Waals surface area contributed by atoms with E-state index in [-0.39, 0.29) is 6.09 Å². The standard InChI is InChI=1S/C14H23N3O2/c1-14(2,3)19-13(18)16-9-8-11-4-6-12(7-5-11)10-17-15/h4-7,17H,8-10,15H2,1-3H3,(H,16,18). The van der Waals surface area contributed by atoms with Crippen LogP contribution in [0.4, 0.5) is 4.79 Å². The first-order valence-corrected chi connectivity index (χ1v) is 6.39. The van der Waals surface area contributed by atoms with Crippen LogP contribution in [-0.2, 0) is 17.7 Å². The van der Waals surface area contributed by atoms with E-state index in [9.17, 15) is 4.79 Å². The average molecular weight is 265 g/mol. The predicted molar refractivity (Wildman–Crippen MR) is 75.4 cm³/mol. The van der Waals surface area contributed by atoms with Crippen LogP contribution >= 0.6 is 0 Å². The van der Waals surface area contributed by atoms with Gasteiger partial charge in [-0.1, -0.05) is 24.3 Å². The normalized spacial score (nSPS) is 11.2. The molecule has 0 aliphatic rings. The second kappa shape index (κ2) is 7.11. The number of alkyl carbamates (subject to hydrolysis) is 1. The van der Waals surface area contributed by atoms with Crippen LogP contribution < -0.4 is 16.6 Å². The molecule has 0 aliphatic heterocycles. The average Bonchev–Trinajstić information content (AvgIpc) is 2.29. The van der Waals surface area contributed by atoms with E-state index in [4.69, 9.17) is 10.6 Å². The zero-order valence-electron chi connectivity index (χ0n) is 11.8. The molecule has 0 radical (unpaired) electrons. The summed E-state index contributed by atoms with van der Waals surface area (Å²) in [4.78, 5) is 11.4. The summed E-state index contributed by atoms with van der Waals surface area (Å²) in [7, 11) is 0. The summed E-state index contributed by atoms with van der Waals surface area (Å²) in [5, 5.41) is 2.73. The summed E-state index contributed by atoms with van der Waals surface area (Å²) in [6.45, 7) is 6.74. The van der Waals surface area contributed by atoms with Gasteiger partial charge < -0.3 is 10.1 Å². The van der Waals surface area contributed by atoms with Gasteiger partial charge >= 0.3 is 6.09 Å². The fourth-order valence-corrected chi connectivity index (χ4v) is 1.56. The summed E-state index contributed by atoms with van der Waals surface area (Å²) < 4.78 is 5.15. The molecule has 1 rings (SSSR count). The lowest BCUT2D eigenvalue weighted by Crippen LogP contribution is -2.33. The molecule has 19 heavy (non-hydrogen) atoms. The van der Waals surface area contributed by atoms with Crippen LogP contribution in [0.15, 0.2) is 24.3 Å². The lowest BCUT2D eigenvalue weighted by atomic mass is 10.1. The van der Waals surface area contributed by atoms with Gasteiger partial charge in [-0.15, -0.1) is 0 Å². The lowest BCUT2D eigenvalue weighted by molar-refractivity contribution is 0.0528. The van der Waals surface area contributed by atoms with Crippen LogP contribution in [-0.4, -0.2) is 18.2 Å². The number of benzene rings is 1. The SMILES string of the molecule is CC(C)(C)OC(=O)NCCc1ccc(CNN)cc1. The van der Waals surface area contributed by atoms with E-state index >= 15 is 0 Å². The first-order chi connectivity index (χ1) is 8.90. The van der Waals surface area contributed by atoms with Crippen LogP contribution in [0.25, 0.3) is 0 Å². The third kappa shape index (κ3) is 6.79. The number of carbonyl (C=O) groups is 1. The number of amides is 1. The smallest absolute Gasteiger partial charge is 0.407 e. The van der Waals surface area contributed by atoms with Crippen molar-refractivity contribution in [2.45, 2.75) is 39.3 Å². The van der Waals surface area contributed by atoms with E-state index in [1.54, 1.807) is 0 Å². The first-order valence-electron chi connectivity index (χ1n) is 6.39. The fourth-order valence-electron chi connectivity index (χ4n) is 1.56. The van der Waals surface area contributed by atoms with Gasteiger partial charge in [-0.25, -0.2) is 4.79 Å². The van der Waals surface area contributed by atoms with E-state index < -0.39 is 5.60 Å². The second-order valence-electron chi connectivity index (χ2n) is 5.38. The number of ether oxygens (including phenoxy) is 1. The Morgan fingerprint density at radius 3 is 2.32 bits per heavy atom. The largest absolute Gasteiger partial charge is 0.444 e. The van der Waals surface area contributed by atoms with Gasteiger partial charge in [-0.3, -0.25) is 11.3 Å². The molecule has 1 aromatic rings. The highest BCUT2D eigenvalue weighted by Gasteiger charge is 2.15. The molecular formula is C14H23N3O2. The maximum absolute atomic E-state index is 11.4. The quantitative estimate of drug-likeness (QED) is 0.559. The maximum atomic E-state index is 11.4. The van der Waals surface area contributed by atoms with E-state index in [1.807, 2.05) is 45.0 Å². The molecule has 0 unspecified atom stereocenters. The van der Waals surface area contributed by atoms with Crippen LogP contribution in [0.1, 0.15) is 31.9 Å². The summed E-state index contributed by atoms with van der Waals surface area (Å²) in [6.07, 6.45) is 0.395.